The second-order valence-electron chi connectivity index (χ2n) is 6.82. The Morgan fingerprint density at radius 3 is 2.42 bits per heavy atom. The highest BCUT2D eigenvalue weighted by molar-refractivity contribution is 7.99. The van der Waals surface area contributed by atoms with Gasteiger partial charge in [-0.15, -0.1) is 11.8 Å². The molecule has 0 saturated carbocycles. The number of benzene rings is 2. The highest BCUT2D eigenvalue weighted by Crippen LogP contribution is 2.20. The highest BCUT2D eigenvalue weighted by atomic mass is 35.5. The van der Waals surface area contributed by atoms with Gasteiger partial charge in [-0.05, 0) is 30.2 Å². The van der Waals surface area contributed by atoms with Gasteiger partial charge >= 0.3 is 5.69 Å². The predicted octanol–water partition coefficient (Wildman–Crippen LogP) is 3.11. The van der Waals surface area contributed by atoms with E-state index in [1.54, 1.807) is 19.1 Å². The zero-order chi connectivity index (χ0) is 22.4. The summed E-state index contributed by atoms with van der Waals surface area (Å²) in [6.45, 7) is 2.19. The van der Waals surface area contributed by atoms with Gasteiger partial charge in [0, 0.05) is 17.3 Å². The lowest BCUT2D eigenvalue weighted by Gasteiger charge is -2.23. The SMILES string of the molecule is CCN(C(=O)CSCc1ccc(Cl)cc1)c1c(N)n(Cc2ccccc2)c(=O)[nH]c1=O. The second kappa shape index (κ2) is 10.4. The standard InChI is InChI=1S/C22H23ClN4O3S/c1-2-26(18(28)14-31-13-16-8-10-17(23)11-9-16)19-20(24)27(22(30)25-21(19)29)12-15-6-4-3-5-7-15/h3-11H,2,12-14,24H2,1H3,(H,25,29,30). The maximum atomic E-state index is 12.9. The van der Waals surface area contributed by atoms with Crippen molar-refractivity contribution in [2.45, 2.75) is 19.2 Å². The van der Waals surface area contributed by atoms with Crippen LogP contribution in [0, 0.1) is 0 Å². The number of thioether (sulfide) groups is 1. The Hall–Kier alpha value is -2.97. The monoisotopic (exact) mass is 458 g/mol. The summed E-state index contributed by atoms with van der Waals surface area (Å²) >= 11 is 7.32. The summed E-state index contributed by atoms with van der Waals surface area (Å²) in [5, 5.41) is 0.655. The molecule has 2 aromatic carbocycles. The average Bonchev–Trinajstić information content (AvgIpc) is 2.76. The van der Waals surface area contributed by atoms with E-state index in [1.807, 2.05) is 42.5 Å². The van der Waals surface area contributed by atoms with Crippen LogP contribution in [-0.4, -0.2) is 27.8 Å². The van der Waals surface area contributed by atoms with Gasteiger partial charge in [0.1, 0.15) is 5.82 Å². The lowest BCUT2D eigenvalue weighted by molar-refractivity contribution is -0.116. The lowest BCUT2D eigenvalue weighted by Crippen LogP contribution is -2.41. The summed E-state index contributed by atoms with van der Waals surface area (Å²) in [5.74, 6) is 0.492. The molecule has 1 aromatic heterocycles. The Morgan fingerprint density at radius 2 is 1.77 bits per heavy atom. The van der Waals surface area contributed by atoms with Crippen LogP contribution in [0.3, 0.4) is 0 Å². The van der Waals surface area contributed by atoms with E-state index in [4.69, 9.17) is 17.3 Å². The van der Waals surface area contributed by atoms with Crippen LogP contribution in [-0.2, 0) is 17.1 Å². The van der Waals surface area contributed by atoms with E-state index >= 15 is 0 Å². The van der Waals surface area contributed by atoms with Gasteiger partial charge in [0.25, 0.3) is 5.56 Å². The number of nitrogen functional groups attached to an aromatic ring is 1. The number of H-pyrrole nitrogens is 1. The molecule has 1 amide bonds. The number of nitrogens with zero attached hydrogens (tertiary/aromatic N) is 2. The molecule has 0 aliphatic heterocycles. The largest absolute Gasteiger partial charge is 0.383 e. The van der Waals surface area contributed by atoms with Gasteiger partial charge in [-0.1, -0.05) is 54.1 Å². The molecule has 0 radical (unpaired) electrons. The fraction of sp³-hybridized carbons (Fsp3) is 0.227. The maximum Gasteiger partial charge on any atom is 0.330 e. The van der Waals surface area contributed by atoms with E-state index in [9.17, 15) is 14.4 Å². The number of hydrogen-bond acceptors (Lipinski definition) is 5. The average molecular weight is 459 g/mol. The second-order valence-corrected chi connectivity index (χ2v) is 8.24. The smallest absolute Gasteiger partial charge is 0.330 e. The van der Waals surface area contributed by atoms with E-state index in [1.165, 1.54) is 21.2 Å². The molecule has 1 heterocycles. The fourth-order valence-corrected chi connectivity index (χ4v) is 4.12. The van der Waals surface area contributed by atoms with Gasteiger partial charge in [-0.2, -0.15) is 0 Å². The molecule has 0 bridgehead atoms. The summed E-state index contributed by atoms with van der Waals surface area (Å²) in [7, 11) is 0. The van der Waals surface area contributed by atoms with Gasteiger partial charge in [0.2, 0.25) is 5.91 Å². The van der Waals surface area contributed by atoms with Gasteiger partial charge in [-0.3, -0.25) is 19.1 Å². The molecule has 0 aliphatic carbocycles. The van der Waals surface area contributed by atoms with Crippen molar-refractivity contribution in [1.82, 2.24) is 9.55 Å². The number of nitrogens with one attached hydrogen (secondary N) is 1. The molecule has 0 aliphatic rings. The van der Waals surface area contributed by atoms with Crippen LogP contribution >= 0.6 is 23.4 Å². The number of nitrogens with two attached hydrogens (primary N) is 1. The Kier molecular flexibility index (Phi) is 7.59. The Bertz CT molecular complexity index is 1160. The van der Waals surface area contributed by atoms with Crippen LogP contribution in [0.1, 0.15) is 18.1 Å². The molecule has 0 saturated heterocycles. The molecule has 3 rings (SSSR count). The van der Waals surface area contributed by atoms with Crippen LogP contribution in [0.25, 0.3) is 0 Å². The zero-order valence-corrected chi connectivity index (χ0v) is 18.6. The summed E-state index contributed by atoms with van der Waals surface area (Å²) in [6.07, 6.45) is 0. The third-order valence-corrected chi connectivity index (χ3v) is 5.93. The number of carbonyl (C=O) groups is 1. The topological polar surface area (TPSA) is 101 Å². The first kappa shape index (κ1) is 22.7. The van der Waals surface area contributed by atoms with Crippen LogP contribution in [0.4, 0.5) is 11.5 Å². The molecule has 0 unspecified atom stereocenters. The van der Waals surface area contributed by atoms with E-state index in [-0.39, 0.29) is 36.3 Å². The Morgan fingerprint density at radius 1 is 1.10 bits per heavy atom. The van der Waals surface area contributed by atoms with Crippen LogP contribution in [0.5, 0.6) is 0 Å². The predicted molar refractivity (Wildman–Crippen MR) is 127 cm³/mol. The van der Waals surface area contributed by atoms with Crippen molar-refractivity contribution in [3.05, 3.63) is 91.6 Å². The Balaban J connectivity index is 1.80. The molecule has 0 atom stereocenters. The molecule has 7 nitrogen and oxygen atoms in total. The molecular weight excluding hydrogens is 436 g/mol. The van der Waals surface area contributed by atoms with Crippen LogP contribution in [0.2, 0.25) is 5.02 Å². The first-order valence-electron chi connectivity index (χ1n) is 9.69. The number of carbonyl (C=O) groups excluding carboxylic acids is 1. The van der Waals surface area contributed by atoms with E-state index in [0.29, 0.717) is 10.8 Å². The van der Waals surface area contributed by atoms with E-state index in [0.717, 1.165) is 11.1 Å². The highest BCUT2D eigenvalue weighted by Gasteiger charge is 2.23. The summed E-state index contributed by atoms with van der Waals surface area (Å²) in [6, 6.07) is 16.7. The third-order valence-electron chi connectivity index (χ3n) is 4.69. The minimum Gasteiger partial charge on any atom is -0.383 e. The quantitative estimate of drug-likeness (QED) is 0.540. The van der Waals surface area contributed by atoms with Gasteiger partial charge < -0.3 is 10.6 Å². The summed E-state index contributed by atoms with van der Waals surface area (Å²) in [4.78, 5) is 41.4. The number of aromatic amines is 1. The number of aromatic nitrogens is 2. The molecule has 0 spiro atoms. The molecule has 3 N–H and O–H groups in total. The molecule has 3 aromatic rings. The number of hydrogen-bond donors (Lipinski definition) is 2. The fourth-order valence-electron chi connectivity index (χ4n) is 3.14. The minimum absolute atomic E-state index is 0.00451. The molecule has 162 valence electrons. The Labute approximate surface area is 188 Å². The third kappa shape index (κ3) is 5.59. The van der Waals surface area contributed by atoms with Crippen molar-refractivity contribution in [2.24, 2.45) is 0 Å². The zero-order valence-electron chi connectivity index (χ0n) is 17.0. The minimum atomic E-state index is -0.676. The van der Waals surface area contributed by atoms with Crippen molar-refractivity contribution >= 4 is 40.8 Å². The molecule has 9 heteroatoms. The van der Waals surface area contributed by atoms with Crippen molar-refractivity contribution in [3.8, 4) is 0 Å². The van der Waals surface area contributed by atoms with Gasteiger partial charge in [0.15, 0.2) is 5.69 Å². The number of anilines is 2. The van der Waals surface area contributed by atoms with Crippen molar-refractivity contribution < 1.29 is 4.79 Å². The summed E-state index contributed by atoms with van der Waals surface area (Å²) < 4.78 is 1.27. The lowest BCUT2D eigenvalue weighted by atomic mass is 10.2. The maximum absolute atomic E-state index is 12.9. The van der Waals surface area contributed by atoms with Crippen molar-refractivity contribution in [3.63, 3.8) is 0 Å². The van der Waals surface area contributed by atoms with Crippen LogP contribution in [0.15, 0.2) is 64.2 Å². The normalized spacial score (nSPS) is 10.8. The van der Waals surface area contributed by atoms with Crippen molar-refractivity contribution in [2.75, 3.05) is 22.9 Å². The molecule has 31 heavy (non-hydrogen) atoms. The molecular formula is C22H23ClN4O3S. The summed E-state index contributed by atoms with van der Waals surface area (Å²) in [5.41, 5.74) is 6.80. The van der Waals surface area contributed by atoms with Gasteiger partial charge in [-0.25, -0.2) is 4.79 Å². The van der Waals surface area contributed by atoms with Crippen molar-refractivity contribution in [1.29, 1.82) is 0 Å². The first-order chi connectivity index (χ1) is 14.9. The number of halogens is 1. The van der Waals surface area contributed by atoms with Gasteiger partial charge in [0.05, 0.1) is 12.3 Å². The van der Waals surface area contributed by atoms with E-state index < -0.39 is 11.2 Å². The number of rotatable bonds is 8. The van der Waals surface area contributed by atoms with E-state index in [2.05, 4.69) is 4.98 Å². The number of amides is 1. The first-order valence-corrected chi connectivity index (χ1v) is 11.2. The van der Waals surface area contributed by atoms with Crippen LogP contribution < -0.4 is 21.9 Å². The molecule has 0 fully saturated rings.